The molecule has 3 nitrogen and oxygen atoms in total. The van der Waals surface area contributed by atoms with Crippen molar-refractivity contribution < 1.29 is 9.47 Å². The number of aryl methyl sites for hydroxylation is 1. The van der Waals surface area contributed by atoms with Crippen molar-refractivity contribution >= 4 is 23.2 Å². The summed E-state index contributed by atoms with van der Waals surface area (Å²) in [5.74, 6) is 1.14. The third kappa shape index (κ3) is 3.26. The third-order valence-corrected chi connectivity index (χ3v) is 3.98. The normalized spacial score (nSPS) is 12.1. The Balaban J connectivity index is 2.50. The quantitative estimate of drug-likeness (QED) is 0.907. The standard InChI is InChI=1S/C16H17Cl2NO2/c1-9-4-5-10(12(17)6-9)16(19)11-7-14(20-2)15(21-3)8-13(11)18/h4-8,16H,19H2,1-3H3. The molecule has 0 fully saturated rings. The topological polar surface area (TPSA) is 44.5 Å². The van der Waals surface area contributed by atoms with Crippen molar-refractivity contribution in [3.8, 4) is 11.5 Å². The van der Waals surface area contributed by atoms with Gasteiger partial charge in [0.2, 0.25) is 0 Å². The maximum absolute atomic E-state index is 6.32. The van der Waals surface area contributed by atoms with Crippen LogP contribution in [0, 0.1) is 6.92 Å². The lowest BCUT2D eigenvalue weighted by molar-refractivity contribution is 0.354. The first kappa shape index (κ1) is 16.0. The van der Waals surface area contributed by atoms with Gasteiger partial charge in [-0.25, -0.2) is 0 Å². The van der Waals surface area contributed by atoms with Crippen molar-refractivity contribution in [3.63, 3.8) is 0 Å². The molecule has 112 valence electrons. The summed E-state index contributed by atoms with van der Waals surface area (Å²) < 4.78 is 10.5. The lowest BCUT2D eigenvalue weighted by atomic mass is 9.98. The second kappa shape index (κ2) is 6.56. The van der Waals surface area contributed by atoms with Gasteiger partial charge < -0.3 is 15.2 Å². The number of methoxy groups -OCH3 is 2. The molecule has 0 aliphatic carbocycles. The second-order valence-corrected chi connectivity index (χ2v) is 5.55. The van der Waals surface area contributed by atoms with E-state index in [2.05, 4.69) is 0 Å². The van der Waals surface area contributed by atoms with Crippen LogP contribution < -0.4 is 15.2 Å². The van der Waals surface area contributed by atoms with E-state index >= 15 is 0 Å². The Bertz CT molecular complexity index is 659. The van der Waals surface area contributed by atoms with Crippen LogP contribution in [-0.4, -0.2) is 14.2 Å². The summed E-state index contributed by atoms with van der Waals surface area (Å²) in [6, 6.07) is 8.79. The van der Waals surface area contributed by atoms with Crippen LogP contribution in [-0.2, 0) is 0 Å². The van der Waals surface area contributed by atoms with Crippen LogP contribution >= 0.6 is 23.2 Å². The van der Waals surface area contributed by atoms with Crippen molar-refractivity contribution in [2.45, 2.75) is 13.0 Å². The highest BCUT2D eigenvalue weighted by molar-refractivity contribution is 6.32. The Morgan fingerprint density at radius 3 is 2.05 bits per heavy atom. The van der Waals surface area contributed by atoms with E-state index in [0.717, 1.165) is 16.7 Å². The summed E-state index contributed by atoms with van der Waals surface area (Å²) >= 11 is 12.6. The molecule has 2 N–H and O–H groups in total. The van der Waals surface area contributed by atoms with Gasteiger partial charge in [0.15, 0.2) is 11.5 Å². The van der Waals surface area contributed by atoms with E-state index in [1.165, 1.54) is 0 Å². The van der Waals surface area contributed by atoms with Crippen molar-refractivity contribution in [1.82, 2.24) is 0 Å². The van der Waals surface area contributed by atoms with Crippen molar-refractivity contribution in [3.05, 3.63) is 57.1 Å². The van der Waals surface area contributed by atoms with Gasteiger partial charge in [-0.2, -0.15) is 0 Å². The number of hydrogen-bond acceptors (Lipinski definition) is 3. The van der Waals surface area contributed by atoms with Gasteiger partial charge in [0, 0.05) is 16.1 Å². The third-order valence-electron chi connectivity index (χ3n) is 3.33. The van der Waals surface area contributed by atoms with Gasteiger partial charge in [-0.3, -0.25) is 0 Å². The predicted octanol–water partition coefficient (Wildman–Crippen LogP) is 4.37. The Morgan fingerprint density at radius 2 is 1.48 bits per heavy atom. The lowest BCUT2D eigenvalue weighted by Gasteiger charge is -2.18. The fourth-order valence-corrected chi connectivity index (χ4v) is 2.78. The molecule has 0 saturated carbocycles. The van der Waals surface area contributed by atoms with Crippen molar-refractivity contribution in [2.24, 2.45) is 5.73 Å². The summed E-state index contributed by atoms with van der Waals surface area (Å²) in [6.45, 7) is 1.98. The molecule has 0 aliphatic heterocycles. The maximum atomic E-state index is 6.32. The van der Waals surface area contributed by atoms with Gasteiger partial charge in [0.25, 0.3) is 0 Å². The zero-order chi connectivity index (χ0) is 15.6. The number of benzene rings is 2. The molecule has 0 bridgehead atoms. The molecule has 21 heavy (non-hydrogen) atoms. The van der Waals surface area contributed by atoms with Crippen LogP contribution in [0.25, 0.3) is 0 Å². The van der Waals surface area contributed by atoms with Gasteiger partial charge >= 0.3 is 0 Å². The zero-order valence-electron chi connectivity index (χ0n) is 12.1. The van der Waals surface area contributed by atoms with Gasteiger partial charge in [0.1, 0.15) is 0 Å². The fourth-order valence-electron chi connectivity index (χ4n) is 2.16. The van der Waals surface area contributed by atoms with E-state index in [9.17, 15) is 0 Å². The highest BCUT2D eigenvalue weighted by atomic mass is 35.5. The monoisotopic (exact) mass is 325 g/mol. The van der Waals surface area contributed by atoms with Crippen LogP contribution in [0.1, 0.15) is 22.7 Å². The van der Waals surface area contributed by atoms with Crippen LogP contribution in [0.5, 0.6) is 11.5 Å². The SMILES string of the molecule is COc1cc(Cl)c(C(N)c2ccc(C)cc2Cl)cc1OC. The second-order valence-electron chi connectivity index (χ2n) is 4.73. The van der Waals surface area contributed by atoms with E-state index in [-0.39, 0.29) is 0 Å². The number of nitrogens with two attached hydrogens (primary N) is 1. The molecule has 0 spiro atoms. The van der Waals surface area contributed by atoms with Gasteiger partial charge in [0.05, 0.1) is 20.3 Å². The van der Waals surface area contributed by atoms with Crippen LogP contribution in [0.2, 0.25) is 10.0 Å². The summed E-state index contributed by atoms with van der Waals surface area (Å²) in [5, 5.41) is 1.13. The van der Waals surface area contributed by atoms with E-state index in [1.54, 1.807) is 26.4 Å². The smallest absolute Gasteiger partial charge is 0.162 e. The van der Waals surface area contributed by atoms with Gasteiger partial charge in [-0.05, 0) is 35.7 Å². The number of ether oxygens (including phenoxy) is 2. The molecule has 1 atom stereocenters. The molecule has 2 aromatic carbocycles. The first-order valence-corrected chi connectivity index (χ1v) is 7.16. The van der Waals surface area contributed by atoms with Crippen LogP contribution in [0.4, 0.5) is 0 Å². The molecule has 2 aromatic rings. The predicted molar refractivity (Wildman–Crippen MR) is 86.8 cm³/mol. The summed E-state index contributed by atoms with van der Waals surface area (Å²) in [4.78, 5) is 0. The first-order chi connectivity index (χ1) is 9.97. The minimum Gasteiger partial charge on any atom is -0.493 e. The number of rotatable bonds is 4. The van der Waals surface area contributed by atoms with Gasteiger partial charge in [-0.1, -0.05) is 35.3 Å². The zero-order valence-corrected chi connectivity index (χ0v) is 13.6. The summed E-state index contributed by atoms with van der Waals surface area (Å²) in [6.07, 6.45) is 0. The molecular weight excluding hydrogens is 309 g/mol. The molecule has 1 unspecified atom stereocenters. The Hall–Kier alpha value is -1.42. The number of hydrogen-bond donors (Lipinski definition) is 1. The van der Waals surface area contributed by atoms with Crippen LogP contribution in [0.3, 0.4) is 0 Å². The molecular formula is C16H17Cl2NO2. The molecule has 0 aliphatic rings. The van der Waals surface area contributed by atoms with E-state index in [0.29, 0.717) is 21.5 Å². The van der Waals surface area contributed by atoms with E-state index < -0.39 is 6.04 Å². The fraction of sp³-hybridized carbons (Fsp3) is 0.250. The average molecular weight is 326 g/mol. The molecule has 0 aromatic heterocycles. The lowest BCUT2D eigenvalue weighted by Crippen LogP contribution is -2.13. The largest absolute Gasteiger partial charge is 0.493 e. The average Bonchev–Trinajstić information content (AvgIpc) is 2.46. The summed E-state index contributed by atoms with van der Waals surface area (Å²) in [5.41, 5.74) is 8.95. The highest BCUT2D eigenvalue weighted by Gasteiger charge is 2.18. The van der Waals surface area contributed by atoms with Crippen LogP contribution in [0.15, 0.2) is 30.3 Å². The van der Waals surface area contributed by atoms with E-state index in [1.807, 2.05) is 25.1 Å². The summed E-state index contributed by atoms with van der Waals surface area (Å²) in [7, 11) is 3.13. The van der Waals surface area contributed by atoms with E-state index in [4.69, 9.17) is 38.4 Å². The molecule has 0 heterocycles. The Morgan fingerprint density at radius 1 is 0.905 bits per heavy atom. The first-order valence-electron chi connectivity index (χ1n) is 6.41. The molecule has 5 heteroatoms. The Labute approximate surface area is 134 Å². The highest BCUT2D eigenvalue weighted by Crippen LogP contribution is 2.38. The molecule has 0 amide bonds. The minimum atomic E-state index is -0.439. The van der Waals surface area contributed by atoms with Gasteiger partial charge in [-0.15, -0.1) is 0 Å². The van der Waals surface area contributed by atoms with Crippen molar-refractivity contribution in [1.29, 1.82) is 0 Å². The van der Waals surface area contributed by atoms with Crippen molar-refractivity contribution in [2.75, 3.05) is 14.2 Å². The maximum Gasteiger partial charge on any atom is 0.162 e. The molecule has 2 rings (SSSR count). The minimum absolute atomic E-state index is 0.439. The molecule has 0 radical (unpaired) electrons. The number of halogens is 2. The molecule has 0 saturated heterocycles. The Kier molecular flexibility index (Phi) is 4.99.